The van der Waals surface area contributed by atoms with Crippen LogP contribution < -0.4 is 0 Å². The monoisotopic (exact) mass is 226 g/mol. The third kappa shape index (κ3) is 3.03. The Hall–Kier alpha value is -1.42. The predicted octanol–water partition coefficient (Wildman–Crippen LogP) is 2.28. The number of carbonyl (C=O) groups is 1. The SMILES string of the molecule is Cc1cc(C(O)C(C)CC(=O)O)ccc1F. The van der Waals surface area contributed by atoms with Crippen LogP contribution in [0.4, 0.5) is 4.39 Å². The number of carboxylic acids is 1. The quantitative estimate of drug-likeness (QED) is 0.828. The molecule has 2 N–H and O–H groups in total. The highest BCUT2D eigenvalue weighted by Gasteiger charge is 2.19. The molecular weight excluding hydrogens is 211 g/mol. The molecule has 1 aromatic rings. The number of carboxylic acid groups (broad SMARTS) is 1. The molecule has 16 heavy (non-hydrogen) atoms. The van der Waals surface area contributed by atoms with E-state index in [1.165, 1.54) is 12.1 Å². The number of rotatable bonds is 4. The van der Waals surface area contributed by atoms with Crippen LogP contribution in [-0.2, 0) is 4.79 Å². The van der Waals surface area contributed by atoms with Crippen LogP contribution in [0.5, 0.6) is 0 Å². The van der Waals surface area contributed by atoms with Crippen molar-refractivity contribution < 1.29 is 19.4 Å². The Balaban J connectivity index is 2.83. The van der Waals surface area contributed by atoms with Gasteiger partial charge in [0.05, 0.1) is 12.5 Å². The topological polar surface area (TPSA) is 57.5 Å². The molecule has 4 heteroatoms. The summed E-state index contributed by atoms with van der Waals surface area (Å²) in [5, 5.41) is 18.5. The van der Waals surface area contributed by atoms with Gasteiger partial charge in [-0.25, -0.2) is 4.39 Å². The lowest BCUT2D eigenvalue weighted by Crippen LogP contribution is -2.13. The van der Waals surface area contributed by atoms with Gasteiger partial charge in [-0.2, -0.15) is 0 Å². The van der Waals surface area contributed by atoms with E-state index in [1.54, 1.807) is 19.9 Å². The van der Waals surface area contributed by atoms with E-state index < -0.39 is 18.0 Å². The molecule has 1 rings (SSSR count). The van der Waals surface area contributed by atoms with Crippen LogP contribution >= 0.6 is 0 Å². The van der Waals surface area contributed by atoms with E-state index >= 15 is 0 Å². The molecule has 0 heterocycles. The van der Waals surface area contributed by atoms with Crippen LogP contribution in [0.15, 0.2) is 18.2 Å². The molecule has 0 bridgehead atoms. The second-order valence-corrected chi connectivity index (χ2v) is 4.03. The van der Waals surface area contributed by atoms with Crippen LogP contribution in [0.1, 0.15) is 30.6 Å². The van der Waals surface area contributed by atoms with Gasteiger partial charge in [0.25, 0.3) is 0 Å². The zero-order chi connectivity index (χ0) is 12.3. The largest absolute Gasteiger partial charge is 0.481 e. The first-order valence-electron chi connectivity index (χ1n) is 5.07. The van der Waals surface area contributed by atoms with Gasteiger partial charge >= 0.3 is 5.97 Å². The van der Waals surface area contributed by atoms with Gasteiger partial charge in [-0.1, -0.05) is 19.1 Å². The first kappa shape index (κ1) is 12.6. The summed E-state index contributed by atoms with van der Waals surface area (Å²) in [6, 6.07) is 4.30. The highest BCUT2D eigenvalue weighted by Crippen LogP contribution is 2.25. The summed E-state index contributed by atoms with van der Waals surface area (Å²) in [6.45, 7) is 3.25. The average molecular weight is 226 g/mol. The average Bonchev–Trinajstić information content (AvgIpc) is 2.20. The second-order valence-electron chi connectivity index (χ2n) is 4.03. The normalized spacial score (nSPS) is 14.5. The van der Waals surface area contributed by atoms with E-state index in [0.29, 0.717) is 11.1 Å². The van der Waals surface area contributed by atoms with E-state index in [2.05, 4.69) is 0 Å². The first-order chi connectivity index (χ1) is 7.41. The maximum atomic E-state index is 13.0. The van der Waals surface area contributed by atoms with Gasteiger partial charge in [0.1, 0.15) is 5.82 Å². The third-order valence-electron chi connectivity index (χ3n) is 2.56. The van der Waals surface area contributed by atoms with Crippen LogP contribution in [0, 0.1) is 18.7 Å². The fourth-order valence-corrected chi connectivity index (χ4v) is 1.57. The Morgan fingerprint density at radius 1 is 1.50 bits per heavy atom. The summed E-state index contributed by atoms with van der Waals surface area (Å²) >= 11 is 0. The summed E-state index contributed by atoms with van der Waals surface area (Å²) in [5.41, 5.74) is 0.992. The summed E-state index contributed by atoms with van der Waals surface area (Å²) in [5.74, 6) is -1.69. The maximum Gasteiger partial charge on any atom is 0.303 e. The van der Waals surface area contributed by atoms with Crippen LogP contribution in [0.3, 0.4) is 0 Å². The van der Waals surface area contributed by atoms with Crippen molar-refractivity contribution in [3.05, 3.63) is 35.1 Å². The van der Waals surface area contributed by atoms with Crippen LogP contribution in [0.25, 0.3) is 0 Å². The molecule has 0 radical (unpaired) electrons. The number of hydrogen-bond acceptors (Lipinski definition) is 2. The fraction of sp³-hybridized carbons (Fsp3) is 0.417. The van der Waals surface area contributed by atoms with Crippen LogP contribution in [-0.4, -0.2) is 16.2 Å². The Kier molecular flexibility index (Phi) is 4.01. The Bertz CT molecular complexity index is 390. The number of benzene rings is 1. The van der Waals surface area contributed by atoms with Crippen molar-refractivity contribution in [1.82, 2.24) is 0 Å². The molecule has 0 saturated heterocycles. The zero-order valence-electron chi connectivity index (χ0n) is 9.27. The van der Waals surface area contributed by atoms with Crippen molar-refractivity contribution in [3.8, 4) is 0 Å². The molecule has 0 amide bonds. The molecule has 1 aromatic carbocycles. The minimum Gasteiger partial charge on any atom is -0.481 e. The van der Waals surface area contributed by atoms with E-state index in [9.17, 15) is 14.3 Å². The highest BCUT2D eigenvalue weighted by atomic mass is 19.1. The lowest BCUT2D eigenvalue weighted by Gasteiger charge is -2.17. The summed E-state index contributed by atoms with van der Waals surface area (Å²) in [4.78, 5) is 10.5. The molecule has 0 aliphatic carbocycles. The Labute approximate surface area is 93.5 Å². The second kappa shape index (κ2) is 5.07. The molecule has 0 fully saturated rings. The Morgan fingerprint density at radius 2 is 2.12 bits per heavy atom. The van der Waals surface area contributed by atoms with E-state index in [1.807, 2.05) is 0 Å². The molecule has 2 unspecified atom stereocenters. The summed E-state index contributed by atoms with van der Waals surface area (Å²) < 4.78 is 13.0. The smallest absolute Gasteiger partial charge is 0.303 e. The van der Waals surface area contributed by atoms with Gasteiger partial charge in [0.15, 0.2) is 0 Å². The van der Waals surface area contributed by atoms with Crippen molar-refractivity contribution in [3.63, 3.8) is 0 Å². The molecule has 0 saturated carbocycles. The minimum atomic E-state index is -0.953. The summed E-state index contributed by atoms with van der Waals surface area (Å²) in [6.07, 6.45) is -0.993. The number of aliphatic hydroxyl groups is 1. The molecular formula is C12H15FO3. The lowest BCUT2D eigenvalue weighted by atomic mass is 9.94. The predicted molar refractivity (Wildman–Crippen MR) is 57.5 cm³/mol. The number of hydrogen-bond donors (Lipinski definition) is 2. The van der Waals surface area contributed by atoms with E-state index in [0.717, 1.165) is 0 Å². The van der Waals surface area contributed by atoms with Gasteiger partial charge in [-0.15, -0.1) is 0 Å². The minimum absolute atomic E-state index is 0.114. The van der Waals surface area contributed by atoms with Gasteiger partial charge in [0, 0.05) is 0 Å². The van der Waals surface area contributed by atoms with Crippen molar-refractivity contribution in [1.29, 1.82) is 0 Å². The lowest BCUT2D eigenvalue weighted by molar-refractivity contribution is -0.139. The Morgan fingerprint density at radius 3 is 2.62 bits per heavy atom. The number of aryl methyl sites for hydroxylation is 1. The van der Waals surface area contributed by atoms with Crippen molar-refractivity contribution in [2.24, 2.45) is 5.92 Å². The van der Waals surface area contributed by atoms with Gasteiger partial charge in [-0.3, -0.25) is 4.79 Å². The van der Waals surface area contributed by atoms with E-state index in [-0.39, 0.29) is 12.2 Å². The first-order valence-corrected chi connectivity index (χ1v) is 5.07. The molecule has 3 nitrogen and oxygen atoms in total. The molecule has 2 atom stereocenters. The van der Waals surface area contributed by atoms with Gasteiger partial charge in [0.2, 0.25) is 0 Å². The van der Waals surface area contributed by atoms with Crippen molar-refractivity contribution >= 4 is 5.97 Å². The summed E-state index contributed by atoms with van der Waals surface area (Å²) in [7, 11) is 0. The maximum absolute atomic E-state index is 13.0. The molecule has 0 aromatic heterocycles. The molecule has 0 spiro atoms. The van der Waals surface area contributed by atoms with Gasteiger partial charge in [-0.05, 0) is 30.0 Å². The van der Waals surface area contributed by atoms with Crippen LogP contribution in [0.2, 0.25) is 0 Å². The molecule has 88 valence electrons. The fourth-order valence-electron chi connectivity index (χ4n) is 1.57. The number of halogens is 1. The number of aliphatic carboxylic acids is 1. The van der Waals surface area contributed by atoms with Crippen molar-refractivity contribution in [2.75, 3.05) is 0 Å². The number of aliphatic hydroxyl groups excluding tert-OH is 1. The molecule has 0 aliphatic heterocycles. The highest BCUT2D eigenvalue weighted by molar-refractivity contribution is 5.67. The van der Waals surface area contributed by atoms with Gasteiger partial charge < -0.3 is 10.2 Å². The molecule has 0 aliphatic rings. The third-order valence-corrected chi connectivity index (χ3v) is 2.56. The van der Waals surface area contributed by atoms with E-state index in [4.69, 9.17) is 5.11 Å². The standard InChI is InChI=1S/C12H15FO3/c1-7-5-9(3-4-10(7)13)12(16)8(2)6-11(14)15/h3-5,8,12,16H,6H2,1-2H3,(H,14,15). The van der Waals surface area contributed by atoms with Crippen molar-refractivity contribution in [2.45, 2.75) is 26.4 Å². The zero-order valence-corrected chi connectivity index (χ0v) is 9.27.